The van der Waals surface area contributed by atoms with E-state index in [1.165, 1.54) is 11.0 Å². The zero-order chi connectivity index (χ0) is 23.7. The molecule has 1 N–H and O–H groups in total. The monoisotopic (exact) mass is 475 g/mol. The van der Waals surface area contributed by atoms with Gasteiger partial charge >= 0.3 is 0 Å². The number of carbonyl (C=O) groups is 2. The lowest BCUT2D eigenvalue weighted by Crippen LogP contribution is -2.42. The Labute approximate surface area is 202 Å². The van der Waals surface area contributed by atoms with Gasteiger partial charge in [0.2, 0.25) is 6.79 Å². The molecule has 1 atom stereocenters. The van der Waals surface area contributed by atoms with Crippen LogP contribution in [0.3, 0.4) is 0 Å². The van der Waals surface area contributed by atoms with Crippen molar-refractivity contribution in [2.45, 2.75) is 18.4 Å². The maximum Gasteiger partial charge on any atom is 0.264 e. The van der Waals surface area contributed by atoms with E-state index in [2.05, 4.69) is 0 Å². The molecule has 3 aromatic carbocycles. The smallest absolute Gasteiger partial charge is 0.264 e. The molecule has 6 nitrogen and oxygen atoms in total. The van der Waals surface area contributed by atoms with Crippen LogP contribution in [-0.4, -0.2) is 30.1 Å². The van der Waals surface area contributed by atoms with Crippen molar-refractivity contribution in [3.63, 3.8) is 0 Å². The van der Waals surface area contributed by atoms with Gasteiger partial charge in [-0.05, 0) is 54.0 Å². The van der Waals surface area contributed by atoms with Crippen molar-refractivity contribution in [3.05, 3.63) is 94.5 Å². The summed E-state index contributed by atoms with van der Waals surface area (Å²) in [4.78, 5) is 27.7. The highest BCUT2D eigenvalue weighted by atomic mass is 35.5. The minimum absolute atomic E-state index is 0.166. The lowest BCUT2D eigenvalue weighted by molar-refractivity contribution is -0.140. The molecule has 0 saturated heterocycles. The van der Waals surface area contributed by atoms with Crippen LogP contribution < -0.4 is 14.4 Å². The zero-order valence-electron chi connectivity index (χ0n) is 18.2. The van der Waals surface area contributed by atoms with Gasteiger partial charge in [0, 0.05) is 17.1 Å². The van der Waals surface area contributed by atoms with Crippen LogP contribution in [0.25, 0.3) is 6.08 Å². The summed E-state index contributed by atoms with van der Waals surface area (Å²) in [7, 11) is 0. The van der Waals surface area contributed by atoms with Crippen LogP contribution in [0.2, 0.25) is 5.02 Å². The van der Waals surface area contributed by atoms with Gasteiger partial charge in [0.15, 0.2) is 22.9 Å². The molecule has 2 aliphatic heterocycles. The second-order valence-corrected chi connectivity index (χ2v) is 8.74. The molecule has 0 saturated carbocycles. The van der Waals surface area contributed by atoms with Gasteiger partial charge in [-0.25, -0.2) is 0 Å². The third kappa shape index (κ3) is 4.18. The standard InChI is InChI=1S/C27H22ClNO5/c28-20-8-10-23-22(15-20)27(32,26(31)29(23)13-12-18-4-2-1-3-5-18)16-21(30)9-6-19-7-11-24-25(14-19)34-17-33-24/h1-11,14-15,32H,12-13,16-17H2/b9-6-/t27-/m1/s1. The molecule has 7 heteroatoms. The Kier molecular flexibility index (Phi) is 5.86. The van der Waals surface area contributed by atoms with Gasteiger partial charge in [-0.3, -0.25) is 9.59 Å². The van der Waals surface area contributed by atoms with Gasteiger partial charge in [0.25, 0.3) is 5.91 Å². The van der Waals surface area contributed by atoms with Gasteiger partial charge < -0.3 is 19.5 Å². The Bertz CT molecular complexity index is 1290. The highest BCUT2D eigenvalue weighted by molar-refractivity contribution is 6.31. The molecular weight excluding hydrogens is 454 g/mol. The quantitative estimate of drug-likeness (QED) is 0.508. The number of benzene rings is 3. The largest absolute Gasteiger partial charge is 0.454 e. The number of ketones is 1. The Balaban J connectivity index is 1.36. The summed E-state index contributed by atoms with van der Waals surface area (Å²) >= 11 is 6.18. The van der Waals surface area contributed by atoms with E-state index in [0.717, 1.165) is 11.1 Å². The van der Waals surface area contributed by atoms with Crippen LogP contribution in [0.4, 0.5) is 5.69 Å². The van der Waals surface area contributed by atoms with Crippen LogP contribution in [0.15, 0.2) is 72.8 Å². The predicted molar refractivity (Wildman–Crippen MR) is 129 cm³/mol. The number of ether oxygens (including phenoxy) is 2. The first kappa shape index (κ1) is 22.2. The topological polar surface area (TPSA) is 76.1 Å². The SMILES string of the molecule is O=C(/C=C\c1ccc2c(c1)OCO2)C[C@]1(O)C(=O)N(CCc2ccccc2)c2ccc(Cl)cc21. The van der Waals surface area contributed by atoms with E-state index in [1.807, 2.05) is 30.3 Å². The molecule has 1 amide bonds. The highest BCUT2D eigenvalue weighted by Gasteiger charge is 2.50. The molecule has 0 spiro atoms. The minimum Gasteiger partial charge on any atom is -0.454 e. The molecule has 0 aromatic heterocycles. The average Bonchev–Trinajstić information content (AvgIpc) is 3.38. The summed E-state index contributed by atoms with van der Waals surface area (Å²) in [6.45, 7) is 0.542. The molecule has 0 bridgehead atoms. The summed E-state index contributed by atoms with van der Waals surface area (Å²) in [5, 5.41) is 11.8. The van der Waals surface area contributed by atoms with Crippen molar-refractivity contribution in [2.75, 3.05) is 18.2 Å². The number of fused-ring (bicyclic) bond motifs is 2. The predicted octanol–water partition coefficient (Wildman–Crippen LogP) is 4.52. The number of anilines is 1. The number of amides is 1. The van der Waals surface area contributed by atoms with E-state index in [4.69, 9.17) is 21.1 Å². The third-order valence-corrected chi connectivity index (χ3v) is 6.28. The molecule has 2 aliphatic rings. The molecule has 0 fully saturated rings. The molecule has 3 aromatic rings. The number of nitrogens with zero attached hydrogens (tertiary/aromatic N) is 1. The lowest BCUT2D eigenvalue weighted by Gasteiger charge is -2.22. The van der Waals surface area contributed by atoms with E-state index in [9.17, 15) is 14.7 Å². The molecular formula is C27H22ClNO5. The molecule has 34 heavy (non-hydrogen) atoms. The van der Waals surface area contributed by atoms with Crippen LogP contribution in [0.5, 0.6) is 11.5 Å². The second kappa shape index (κ2) is 8.97. The van der Waals surface area contributed by atoms with Crippen LogP contribution in [-0.2, 0) is 21.6 Å². The zero-order valence-corrected chi connectivity index (χ0v) is 19.0. The van der Waals surface area contributed by atoms with Crippen LogP contribution in [0.1, 0.15) is 23.1 Å². The van der Waals surface area contributed by atoms with E-state index >= 15 is 0 Å². The maximum absolute atomic E-state index is 13.4. The second-order valence-electron chi connectivity index (χ2n) is 8.30. The molecule has 0 aliphatic carbocycles. The third-order valence-electron chi connectivity index (χ3n) is 6.05. The molecule has 0 unspecified atom stereocenters. The fourth-order valence-electron chi connectivity index (χ4n) is 4.32. The number of aliphatic hydroxyl groups is 1. The van der Waals surface area contributed by atoms with Gasteiger partial charge in [0.1, 0.15) is 0 Å². The Morgan fingerprint density at radius 2 is 1.85 bits per heavy atom. The van der Waals surface area contributed by atoms with Gasteiger partial charge in [0.05, 0.1) is 12.1 Å². The van der Waals surface area contributed by atoms with Crippen molar-refractivity contribution in [1.29, 1.82) is 0 Å². The molecule has 5 rings (SSSR count). The normalized spacial score (nSPS) is 18.5. The summed E-state index contributed by atoms with van der Waals surface area (Å²) in [5.41, 5.74) is 0.760. The Hall–Kier alpha value is -3.61. The summed E-state index contributed by atoms with van der Waals surface area (Å²) in [5.74, 6) is 0.352. The van der Waals surface area contributed by atoms with Crippen molar-refractivity contribution in [3.8, 4) is 11.5 Å². The van der Waals surface area contributed by atoms with Gasteiger partial charge in [-0.2, -0.15) is 0 Å². The Morgan fingerprint density at radius 1 is 1.06 bits per heavy atom. The number of rotatable bonds is 7. The lowest BCUT2D eigenvalue weighted by atomic mass is 9.89. The van der Waals surface area contributed by atoms with Crippen molar-refractivity contribution in [2.24, 2.45) is 0 Å². The first-order valence-corrected chi connectivity index (χ1v) is 11.3. The first-order valence-electron chi connectivity index (χ1n) is 10.9. The van der Waals surface area contributed by atoms with Gasteiger partial charge in [-0.15, -0.1) is 0 Å². The number of hydrogen-bond donors (Lipinski definition) is 1. The fourth-order valence-corrected chi connectivity index (χ4v) is 4.49. The minimum atomic E-state index is -1.98. The molecule has 0 radical (unpaired) electrons. The van der Waals surface area contributed by atoms with Crippen molar-refractivity contribution in [1.82, 2.24) is 0 Å². The van der Waals surface area contributed by atoms with E-state index < -0.39 is 11.5 Å². The number of hydrogen-bond acceptors (Lipinski definition) is 5. The van der Waals surface area contributed by atoms with E-state index in [-0.39, 0.29) is 19.0 Å². The number of allylic oxidation sites excluding steroid dienone is 1. The van der Waals surface area contributed by atoms with Crippen LogP contribution in [0, 0.1) is 0 Å². The number of carbonyl (C=O) groups excluding carboxylic acids is 2. The fraction of sp³-hybridized carbons (Fsp3) is 0.185. The summed E-state index contributed by atoms with van der Waals surface area (Å²) in [6.07, 6.45) is 3.21. The van der Waals surface area contributed by atoms with E-state index in [0.29, 0.717) is 40.7 Å². The summed E-state index contributed by atoms with van der Waals surface area (Å²) < 4.78 is 10.7. The van der Waals surface area contributed by atoms with Crippen molar-refractivity contribution >= 4 is 35.1 Å². The summed E-state index contributed by atoms with van der Waals surface area (Å²) in [6, 6.07) is 20.1. The average molecular weight is 476 g/mol. The molecule has 2 heterocycles. The Morgan fingerprint density at radius 3 is 2.68 bits per heavy atom. The first-order chi connectivity index (χ1) is 16.4. The maximum atomic E-state index is 13.4. The number of halogens is 1. The van der Waals surface area contributed by atoms with Crippen molar-refractivity contribution < 1.29 is 24.2 Å². The highest BCUT2D eigenvalue weighted by Crippen LogP contribution is 2.44. The molecule has 172 valence electrons. The van der Waals surface area contributed by atoms with Crippen LogP contribution >= 0.6 is 11.6 Å². The van der Waals surface area contributed by atoms with Gasteiger partial charge in [-0.1, -0.05) is 54.1 Å². The van der Waals surface area contributed by atoms with E-state index in [1.54, 1.807) is 42.5 Å².